The number of hydrogen-bond acceptors (Lipinski definition) is 4. The van der Waals surface area contributed by atoms with Gasteiger partial charge in [-0.25, -0.2) is 0 Å². The molecule has 2 aromatic rings. The third-order valence-electron chi connectivity index (χ3n) is 4.53. The zero-order valence-electron chi connectivity index (χ0n) is 15.4. The SMILES string of the molecule is O=C(NCCCOCC1CCCO1)c1ccccc1C(=O)c1ccccc1. The Kier molecular flexibility index (Phi) is 7.13. The van der Waals surface area contributed by atoms with Crippen molar-refractivity contribution in [2.45, 2.75) is 25.4 Å². The molecule has 0 radical (unpaired) electrons. The third kappa shape index (κ3) is 5.49. The Morgan fingerprint density at radius 2 is 1.78 bits per heavy atom. The third-order valence-corrected chi connectivity index (χ3v) is 4.53. The van der Waals surface area contributed by atoms with Gasteiger partial charge in [0.05, 0.1) is 18.3 Å². The van der Waals surface area contributed by atoms with Crippen LogP contribution in [-0.2, 0) is 9.47 Å². The first-order valence-corrected chi connectivity index (χ1v) is 9.42. The highest BCUT2D eigenvalue weighted by molar-refractivity contribution is 6.15. The number of ether oxygens (including phenoxy) is 2. The van der Waals surface area contributed by atoms with Crippen molar-refractivity contribution in [2.24, 2.45) is 0 Å². The summed E-state index contributed by atoms with van der Waals surface area (Å²) in [5, 5.41) is 2.87. The molecule has 142 valence electrons. The van der Waals surface area contributed by atoms with E-state index in [9.17, 15) is 9.59 Å². The largest absolute Gasteiger partial charge is 0.379 e. The molecule has 5 heteroatoms. The van der Waals surface area contributed by atoms with Gasteiger partial charge in [0.25, 0.3) is 5.91 Å². The predicted molar refractivity (Wildman–Crippen MR) is 103 cm³/mol. The van der Waals surface area contributed by atoms with E-state index in [1.54, 1.807) is 36.4 Å². The van der Waals surface area contributed by atoms with Gasteiger partial charge in [-0.2, -0.15) is 0 Å². The topological polar surface area (TPSA) is 64.6 Å². The zero-order chi connectivity index (χ0) is 18.9. The normalized spacial score (nSPS) is 16.2. The number of hydrogen-bond donors (Lipinski definition) is 1. The second-order valence-electron chi connectivity index (χ2n) is 6.56. The van der Waals surface area contributed by atoms with Gasteiger partial charge in [-0.1, -0.05) is 48.5 Å². The highest BCUT2D eigenvalue weighted by Crippen LogP contribution is 2.15. The average molecular weight is 367 g/mol. The van der Waals surface area contributed by atoms with Crippen LogP contribution in [0, 0.1) is 0 Å². The van der Waals surface area contributed by atoms with Crippen LogP contribution in [0.2, 0.25) is 0 Å². The Morgan fingerprint density at radius 3 is 2.52 bits per heavy atom. The second kappa shape index (κ2) is 10.00. The van der Waals surface area contributed by atoms with Crippen LogP contribution < -0.4 is 5.32 Å². The fraction of sp³-hybridized carbons (Fsp3) is 0.364. The summed E-state index contributed by atoms with van der Waals surface area (Å²) in [6.07, 6.45) is 3.09. The molecule has 27 heavy (non-hydrogen) atoms. The smallest absolute Gasteiger partial charge is 0.252 e. The number of rotatable bonds is 9. The maximum atomic E-state index is 12.7. The molecule has 0 aliphatic carbocycles. The Labute approximate surface area is 159 Å². The highest BCUT2D eigenvalue weighted by atomic mass is 16.5. The Bertz CT molecular complexity index is 754. The van der Waals surface area contributed by atoms with Gasteiger partial charge in [-0.3, -0.25) is 9.59 Å². The number of carbonyl (C=O) groups excluding carboxylic acids is 2. The fourth-order valence-corrected chi connectivity index (χ4v) is 3.09. The standard InChI is InChI=1S/C22H25NO4/c24-21(17-8-2-1-3-9-17)19-11-4-5-12-20(19)22(25)23-13-7-14-26-16-18-10-6-15-27-18/h1-5,8-9,11-12,18H,6-7,10,13-16H2,(H,23,25). The molecule has 2 aromatic carbocycles. The van der Waals surface area contributed by atoms with Crippen LogP contribution in [0.4, 0.5) is 0 Å². The van der Waals surface area contributed by atoms with Crippen molar-refractivity contribution in [1.82, 2.24) is 5.32 Å². The number of carbonyl (C=O) groups is 2. The molecule has 1 N–H and O–H groups in total. The molecule has 1 heterocycles. The van der Waals surface area contributed by atoms with E-state index in [0.29, 0.717) is 42.9 Å². The van der Waals surface area contributed by atoms with Crippen molar-refractivity contribution in [3.05, 3.63) is 71.3 Å². The van der Waals surface area contributed by atoms with E-state index in [4.69, 9.17) is 9.47 Å². The molecule has 5 nitrogen and oxygen atoms in total. The predicted octanol–water partition coefficient (Wildman–Crippen LogP) is 3.23. The molecule has 1 fully saturated rings. The molecule has 0 bridgehead atoms. The van der Waals surface area contributed by atoms with Crippen LogP contribution in [0.3, 0.4) is 0 Å². The van der Waals surface area contributed by atoms with Crippen LogP contribution in [0.25, 0.3) is 0 Å². The van der Waals surface area contributed by atoms with E-state index in [1.165, 1.54) is 0 Å². The molecular formula is C22H25NO4. The quantitative estimate of drug-likeness (QED) is 0.546. The first-order valence-electron chi connectivity index (χ1n) is 9.42. The molecule has 0 aromatic heterocycles. The van der Waals surface area contributed by atoms with Gasteiger partial charge in [0, 0.05) is 30.9 Å². The van der Waals surface area contributed by atoms with Gasteiger partial charge in [0.2, 0.25) is 0 Å². The van der Waals surface area contributed by atoms with Crippen LogP contribution in [-0.4, -0.2) is 44.2 Å². The monoisotopic (exact) mass is 367 g/mol. The molecule has 1 saturated heterocycles. The van der Waals surface area contributed by atoms with Gasteiger partial charge in [0.15, 0.2) is 5.78 Å². The molecule has 0 spiro atoms. The van der Waals surface area contributed by atoms with Crippen molar-refractivity contribution in [2.75, 3.05) is 26.4 Å². The molecule has 1 unspecified atom stereocenters. The van der Waals surface area contributed by atoms with Crippen molar-refractivity contribution >= 4 is 11.7 Å². The van der Waals surface area contributed by atoms with Crippen LogP contribution in [0.15, 0.2) is 54.6 Å². The van der Waals surface area contributed by atoms with E-state index < -0.39 is 0 Å². The molecular weight excluding hydrogens is 342 g/mol. The van der Waals surface area contributed by atoms with Crippen LogP contribution >= 0.6 is 0 Å². The van der Waals surface area contributed by atoms with E-state index in [2.05, 4.69) is 5.32 Å². The molecule has 3 rings (SSSR count). The summed E-state index contributed by atoms with van der Waals surface area (Å²) in [5.74, 6) is -0.393. The molecule has 1 aliphatic rings. The number of nitrogens with one attached hydrogen (secondary N) is 1. The van der Waals surface area contributed by atoms with Gasteiger partial charge < -0.3 is 14.8 Å². The Morgan fingerprint density at radius 1 is 1.04 bits per heavy atom. The van der Waals surface area contributed by atoms with Crippen molar-refractivity contribution in [1.29, 1.82) is 0 Å². The lowest BCUT2D eigenvalue weighted by molar-refractivity contribution is 0.0166. The minimum atomic E-state index is -0.242. The van der Waals surface area contributed by atoms with Crippen molar-refractivity contribution in [3.8, 4) is 0 Å². The van der Waals surface area contributed by atoms with E-state index in [1.807, 2.05) is 18.2 Å². The summed E-state index contributed by atoms with van der Waals surface area (Å²) in [6.45, 7) is 2.51. The minimum absolute atomic E-state index is 0.152. The lowest BCUT2D eigenvalue weighted by Gasteiger charge is -2.11. The summed E-state index contributed by atoms with van der Waals surface area (Å²) in [6, 6.07) is 15.9. The summed E-state index contributed by atoms with van der Waals surface area (Å²) < 4.78 is 11.1. The van der Waals surface area contributed by atoms with Gasteiger partial charge in [-0.15, -0.1) is 0 Å². The minimum Gasteiger partial charge on any atom is -0.379 e. The van der Waals surface area contributed by atoms with Gasteiger partial charge >= 0.3 is 0 Å². The van der Waals surface area contributed by atoms with Crippen LogP contribution in [0.1, 0.15) is 45.5 Å². The Hall–Kier alpha value is -2.50. The van der Waals surface area contributed by atoms with E-state index in [0.717, 1.165) is 19.4 Å². The lowest BCUT2D eigenvalue weighted by Crippen LogP contribution is -2.27. The zero-order valence-corrected chi connectivity index (χ0v) is 15.4. The first-order chi connectivity index (χ1) is 13.3. The fourth-order valence-electron chi connectivity index (χ4n) is 3.09. The second-order valence-corrected chi connectivity index (χ2v) is 6.56. The number of ketones is 1. The lowest BCUT2D eigenvalue weighted by atomic mass is 9.98. The molecule has 1 aliphatic heterocycles. The van der Waals surface area contributed by atoms with Crippen molar-refractivity contribution < 1.29 is 19.1 Å². The summed E-state index contributed by atoms with van der Waals surface area (Å²) in [5.41, 5.74) is 1.38. The number of benzene rings is 2. The first kappa shape index (κ1) is 19.3. The molecule has 1 amide bonds. The molecule has 1 atom stereocenters. The highest BCUT2D eigenvalue weighted by Gasteiger charge is 2.18. The average Bonchev–Trinajstić information content (AvgIpc) is 3.24. The Balaban J connectivity index is 1.49. The van der Waals surface area contributed by atoms with Gasteiger partial charge in [-0.05, 0) is 25.3 Å². The molecule has 0 saturated carbocycles. The summed E-state index contributed by atoms with van der Waals surface area (Å²) in [4.78, 5) is 25.2. The van der Waals surface area contributed by atoms with E-state index in [-0.39, 0.29) is 17.8 Å². The van der Waals surface area contributed by atoms with Gasteiger partial charge in [0.1, 0.15) is 0 Å². The van der Waals surface area contributed by atoms with E-state index >= 15 is 0 Å². The summed E-state index contributed by atoms with van der Waals surface area (Å²) in [7, 11) is 0. The maximum absolute atomic E-state index is 12.7. The summed E-state index contributed by atoms with van der Waals surface area (Å²) >= 11 is 0. The van der Waals surface area contributed by atoms with Crippen LogP contribution in [0.5, 0.6) is 0 Å². The maximum Gasteiger partial charge on any atom is 0.252 e. The number of amides is 1. The van der Waals surface area contributed by atoms with Crippen molar-refractivity contribution in [3.63, 3.8) is 0 Å².